The molecule has 0 atom stereocenters. The summed E-state index contributed by atoms with van der Waals surface area (Å²) >= 11 is 0. The predicted molar refractivity (Wildman–Crippen MR) is 120 cm³/mol. The summed E-state index contributed by atoms with van der Waals surface area (Å²) in [6, 6.07) is 10.7. The maximum Gasteiger partial charge on any atom is 0.250 e. The molecule has 1 aliphatic rings. The van der Waals surface area contributed by atoms with Gasteiger partial charge in [0.05, 0.1) is 19.8 Å². The van der Waals surface area contributed by atoms with Crippen molar-refractivity contribution < 1.29 is 9.14 Å². The molecule has 0 spiro atoms. The van der Waals surface area contributed by atoms with Gasteiger partial charge in [-0.05, 0) is 43.9 Å². The Labute approximate surface area is 178 Å². The average Bonchev–Trinajstić information content (AvgIpc) is 3.16. The fraction of sp³-hybridized carbons (Fsp3) is 0.500. The summed E-state index contributed by atoms with van der Waals surface area (Å²) in [5.41, 5.74) is 6.15. The highest BCUT2D eigenvalue weighted by Crippen LogP contribution is 2.26. The Bertz CT molecular complexity index is 1060. The number of morpholine rings is 1. The number of hydrogen-bond acceptors (Lipinski definition) is 4. The van der Waals surface area contributed by atoms with Gasteiger partial charge < -0.3 is 10.1 Å². The number of aromatic amines is 1. The van der Waals surface area contributed by atoms with Crippen molar-refractivity contribution in [1.29, 1.82) is 5.26 Å². The van der Waals surface area contributed by atoms with Crippen molar-refractivity contribution in [2.45, 2.75) is 39.5 Å². The largest absolute Gasteiger partial charge is 0.379 e. The van der Waals surface area contributed by atoms with Gasteiger partial charge in [-0.15, -0.1) is 0 Å². The first-order valence-corrected chi connectivity index (χ1v) is 11.2. The van der Waals surface area contributed by atoms with E-state index < -0.39 is 0 Å². The fourth-order valence-corrected chi connectivity index (χ4v) is 4.44. The molecule has 1 fully saturated rings. The maximum absolute atomic E-state index is 9.92. The van der Waals surface area contributed by atoms with Crippen LogP contribution in [0.25, 0.3) is 16.7 Å². The minimum Gasteiger partial charge on any atom is -0.379 e. The van der Waals surface area contributed by atoms with Gasteiger partial charge in [-0.3, -0.25) is 9.88 Å². The number of H-pyrrole nitrogens is 1. The van der Waals surface area contributed by atoms with E-state index in [-0.39, 0.29) is 0 Å². The molecule has 4 rings (SSSR count). The molecule has 0 bridgehead atoms. The minimum absolute atomic E-state index is 0.746. The van der Waals surface area contributed by atoms with E-state index in [1.807, 2.05) is 6.07 Å². The van der Waals surface area contributed by atoms with Crippen LogP contribution in [-0.2, 0) is 11.2 Å². The Morgan fingerprint density at radius 2 is 2.03 bits per heavy atom. The van der Waals surface area contributed by atoms with E-state index in [9.17, 15) is 5.26 Å². The number of pyridine rings is 1. The average molecular weight is 407 g/mol. The van der Waals surface area contributed by atoms with E-state index in [1.54, 1.807) is 0 Å². The fourth-order valence-electron chi connectivity index (χ4n) is 4.44. The third kappa shape index (κ3) is 4.00. The van der Waals surface area contributed by atoms with Crippen molar-refractivity contribution >= 4 is 22.5 Å². The van der Waals surface area contributed by atoms with Crippen molar-refractivity contribution in [2.24, 2.45) is 0 Å². The van der Waals surface area contributed by atoms with Crippen molar-refractivity contribution in [3.05, 3.63) is 41.0 Å². The second-order valence-corrected chi connectivity index (χ2v) is 8.10. The summed E-state index contributed by atoms with van der Waals surface area (Å²) in [4.78, 5) is 5.96. The highest BCUT2D eigenvalue weighted by molar-refractivity contribution is 5.78. The van der Waals surface area contributed by atoms with Crippen molar-refractivity contribution in [2.75, 3.05) is 44.7 Å². The van der Waals surface area contributed by atoms with E-state index in [4.69, 9.17) is 4.74 Å². The molecular formula is C24H32N5O+. The summed E-state index contributed by atoms with van der Waals surface area (Å²) in [6.07, 6.45) is 4.30. The number of aromatic nitrogens is 2. The lowest BCUT2D eigenvalue weighted by molar-refractivity contribution is -0.465. The van der Waals surface area contributed by atoms with Crippen molar-refractivity contribution in [3.63, 3.8) is 0 Å². The zero-order valence-corrected chi connectivity index (χ0v) is 18.1. The van der Waals surface area contributed by atoms with Crippen LogP contribution in [0.2, 0.25) is 0 Å². The lowest BCUT2D eigenvalue weighted by Gasteiger charge is -2.26. The molecule has 0 saturated carbocycles. The summed E-state index contributed by atoms with van der Waals surface area (Å²) in [5.74, 6) is 1.13. The van der Waals surface area contributed by atoms with Crippen LogP contribution >= 0.6 is 0 Å². The number of anilines is 1. The number of hydrogen-bond donors (Lipinski definition) is 2. The lowest BCUT2D eigenvalue weighted by atomic mass is 9.99. The van der Waals surface area contributed by atoms with Crippen molar-refractivity contribution in [1.82, 2.24) is 9.88 Å². The highest BCUT2D eigenvalue weighted by Gasteiger charge is 2.25. The highest BCUT2D eigenvalue weighted by atomic mass is 16.5. The number of benzene rings is 1. The van der Waals surface area contributed by atoms with Gasteiger partial charge in [-0.2, -0.15) is 9.66 Å². The standard InChI is InChI=1S/C24H31N5O/c1-3-4-8-19-18(2)20(17-25)24-27-21-9-5-6-10-22(21)29(24)23(19)26-11-7-12-28-13-15-30-16-14-28/h5-6,9-10H,3-4,7-8,11-16H2,1-2H3,(H,26,27)/p+1. The van der Waals surface area contributed by atoms with Gasteiger partial charge in [0.25, 0.3) is 0 Å². The molecule has 0 unspecified atom stereocenters. The summed E-state index contributed by atoms with van der Waals surface area (Å²) < 4.78 is 7.68. The first kappa shape index (κ1) is 20.6. The molecule has 2 aromatic heterocycles. The van der Waals surface area contributed by atoms with Gasteiger partial charge in [-0.25, -0.2) is 0 Å². The van der Waals surface area contributed by atoms with E-state index in [1.165, 1.54) is 5.56 Å². The summed E-state index contributed by atoms with van der Waals surface area (Å²) in [6.45, 7) is 10.0. The zero-order chi connectivity index (χ0) is 20.9. The Balaban J connectivity index is 1.70. The lowest BCUT2D eigenvalue weighted by Crippen LogP contribution is -2.37. The molecule has 6 nitrogen and oxygen atoms in total. The quantitative estimate of drug-likeness (QED) is 0.443. The molecule has 6 heteroatoms. The Morgan fingerprint density at radius 1 is 1.23 bits per heavy atom. The molecule has 3 aromatic rings. The third-order valence-corrected chi connectivity index (χ3v) is 6.13. The topological polar surface area (TPSA) is 68.2 Å². The second-order valence-electron chi connectivity index (χ2n) is 8.10. The SMILES string of the molecule is CCCCc1c(C)c(C#N)c2[nH]c3ccccc3[n+]2c1NCCCN1CCOCC1. The van der Waals surface area contributed by atoms with Gasteiger partial charge in [0.15, 0.2) is 0 Å². The first-order valence-electron chi connectivity index (χ1n) is 11.2. The number of fused-ring (bicyclic) bond motifs is 3. The van der Waals surface area contributed by atoms with Gasteiger partial charge in [-0.1, -0.05) is 25.5 Å². The molecule has 158 valence electrons. The van der Waals surface area contributed by atoms with Crippen LogP contribution < -0.4 is 9.72 Å². The van der Waals surface area contributed by atoms with E-state index in [0.717, 1.165) is 98.7 Å². The molecule has 0 radical (unpaired) electrons. The number of nitriles is 1. The number of nitrogens with zero attached hydrogens (tertiary/aromatic N) is 3. The maximum atomic E-state index is 9.92. The van der Waals surface area contributed by atoms with E-state index >= 15 is 0 Å². The second kappa shape index (κ2) is 9.46. The van der Waals surface area contributed by atoms with Crippen LogP contribution in [0.1, 0.15) is 42.9 Å². The smallest absolute Gasteiger partial charge is 0.250 e. The van der Waals surface area contributed by atoms with Crippen LogP contribution in [0.15, 0.2) is 24.3 Å². The van der Waals surface area contributed by atoms with Crippen LogP contribution in [-0.4, -0.2) is 49.3 Å². The molecule has 1 aliphatic heterocycles. The van der Waals surface area contributed by atoms with Crippen LogP contribution in [0.4, 0.5) is 5.82 Å². The Morgan fingerprint density at radius 3 is 2.80 bits per heavy atom. The van der Waals surface area contributed by atoms with Gasteiger partial charge >= 0.3 is 0 Å². The molecule has 1 aromatic carbocycles. The van der Waals surface area contributed by atoms with Crippen LogP contribution in [0.3, 0.4) is 0 Å². The molecule has 1 saturated heterocycles. The zero-order valence-electron chi connectivity index (χ0n) is 18.1. The normalized spacial score (nSPS) is 15.0. The van der Waals surface area contributed by atoms with E-state index in [0.29, 0.717) is 0 Å². The third-order valence-electron chi connectivity index (χ3n) is 6.13. The molecule has 0 aliphatic carbocycles. The molecule has 30 heavy (non-hydrogen) atoms. The Kier molecular flexibility index (Phi) is 6.51. The van der Waals surface area contributed by atoms with E-state index in [2.05, 4.69) is 57.7 Å². The number of rotatable bonds is 8. The number of ether oxygens (including phenoxy) is 1. The van der Waals surface area contributed by atoms with Gasteiger partial charge in [0.1, 0.15) is 22.7 Å². The number of nitrogens with one attached hydrogen (secondary N) is 2. The summed E-state index contributed by atoms with van der Waals surface area (Å²) in [7, 11) is 0. The number of imidazole rings is 1. The predicted octanol–water partition coefficient (Wildman–Crippen LogP) is 3.56. The molecule has 3 heterocycles. The number of unbranched alkanes of at least 4 members (excludes halogenated alkanes) is 1. The molecule has 0 amide bonds. The molecular weight excluding hydrogens is 374 g/mol. The number of para-hydroxylation sites is 2. The molecule has 2 N–H and O–H groups in total. The van der Waals surface area contributed by atoms with Crippen LogP contribution in [0.5, 0.6) is 0 Å². The van der Waals surface area contributed by atoms with Crippen molar-refractivity contribution in [3.8, 4) is 6.07 Å². The van der Waals surface area contributed by atoms with Gasteiger partial charge in [0.2, 0.25) is 11.5 Å². The van der Waals surface area contributed by atoms with Crippen LogP contribution in [0, 0.1) is 18.3 Å². The summed E-state index contributed by atoms with van der Waals surface area (Å²) in [5, 5.41) is 13.7. The monoisotopic (exact) mass is 406 g/mol. The van der Waals surface area contributed by atoms with Gasteiger partial charge in [0, 0.05) is 25.2 Å². The minimum atomic E-state index is 0.746. The Hall–Kier alpha value is -2.62. The first-order chi connectivity index (χ1) is 14.7.